The Morgan fingerprint density at radius 1 is 1.13 bits per heavy atom. The highest BCUT2D eigenvalue weighted by molar-refractivity contribution is 8.01. The van der Waals surface area contributed by atoms with Crippen LogP contribution < -0.4 is 5.73 Å². The van der Waals surface area contributed by atoms with Gasteiger partial charge in [-0.15, -0.1) is 10.2 Å². The Morgan fingerprint density at radius 2 is 1.87 bits per heavy atom. The normalized spacial score (nSPS) is 10.7. The second kappa shape index (κ2) is 7.93. The van der Waals surface area contributed by atoms with E-state index >= 15 is 0 Å². The molecule has 0 bridgehead atoms. The molecule has 1 aromatic rings. The first-order valence-corrected chi connectivity index (χ1v) is 7.35. The van der Waals surface area contributed by atoms with Crippen LogP contribution in [0.3, 0.4) is 0 Å². The molecule has 0 atom stereocenters. The van der Waals surface area contributed by atoms with Gasteiger partial charge in [0.25, 0.3) is 0 Å². The van der Waals surface area contributed by atoms with Crippen molar-refractivity contribution in [1.82, 2.24) is 10.2 Å². The van der Waals surface area contributed by atoms with E-state index in [4.69, 9.17) is 5.73 Å². The molecular weight excluding hydrogens is 226 g/mol. The Morgan fingerprint density at radius 3 is 2.53 bits per heavy atom. The van der Waals surface area contributed by atoms with Gasteiger partial charge in [-0.2, -0.15) is 0 Å². The second-order valence-corrected chi connectivity index (χ2v) is 5.87. The zero-order chi connectivity index (χ0) is 10.9. The average molecular weight is 245 g/mol. The molecule has 0 aliphatic rings. The van der Waals surface area contributed by atoms with E-state index in [0.717, 1.165) is 10.1 Å². The fraction of sp³-hybridized carbons (Fsp3) is 0.800. The first-order chi connectivity index (χ1) is 7.33. The number of anilines is 1. The van der Waals surface area contributed by atoms with Crippen molar-refractivity contribution < 1.29 is 0 Å². The number of rotatable bonds is 8. The summed E-state index contributed by atoms with van der Waals surface area (Å²) in [7, 11) is 0. The minimum absolute atomic E-state index is 0.570. The SMILES string of the molecule is CCCCCCCCSc1nnc(N)s1. The first kappa shape index (κ1) is 12.8. The van der Waals surface area contributed by atoms with E-state index in [1.165, 1.54) is 49.9 Å². The molecule has 1 aromatic heterocycles. The van der Waals surface area contributed by atoms with Crippen LogP contribution in [-0.4, -0.2) is 16.0 Å². The van der Waals surface area contributed by atoms with Gasteiger partial charge in [-0.1, -0.05) is 62.1 Å². The smallest absolute Gasteiger partial charge is 0.203 e. The van der Waals surface area contributed by atoms with Crippen molar-refractivity contribution in [3.05, 3.63) is 0 Å². The number of nitrogens with zero attached hydrogens (tertiary/aromatic N) is 2. The summed E-state index contributed by atoms with van der Waals surface area (Å²) in [5.41, 5.74) is 5.50. The van der Waals surface area contributed by atoms with Gasteiger partial charge in [0, 0.05) is 5.75 Å². The second-order valence-electron chi connectivity index (χ2n) is 3.52. The predicted molar refractivity (Wildman–Crippen MR) is 68.4 cm³/mol. The Kier molecular flexibility index (Phi) is 6.76. The van der Waals surface area contributed by atoms with E-state index < -0.39 is 0 Å². The van der Waals surface area contributed by atoms with Gasteiger partial charge in [0.2, 0.25) is 5.13 Å². The number of aromatic nitrogens is 2. The molecule has 0 saturated heterocycles. The van der Waals surface area contributed by atoms with Gasteiger partial charge < -0.3 is 5.73 Å². The largest absolute Gasteiger partial charge is 0.374 e. The van der Waals surface area contributed by atoms with Crippen molar-refractivity contribution >= 4 is 28.2 Å². The van der Waals surface area contributed by atoms with Crippen LogP contribution in [0.4, 0.5) is 5.13 Å². The van der Waals surface area contributed by atoms with Crippen LogP contribution >= 0.6 is 23.1 Å². The van der Waals surface area contributed by atoms with Gasteiger partial charge in [0.15, 0.2) is 4.34 Å². The van der Waals surface area contributed by atoms with Crippen molar-refractivity contribution in [2.45, 2.75) is 49.8 Å². The van der Waals surface area contributed by atoms with Gasteiger partial charge in [-0.25, -0.2) is 0 Å². The van der Waals surface area contributed by atoms with Gasteiger partial charge in [-0.05, 0) is 6.42 Å². The summed E-state index contributed by atoms with van der Waals surface area (Å²) < 4.78 is 1.00. The number of nitrogens with two attached hydrogens (primary N) is 1. The van der Waals surface area contributed by atoms with Crippen molar-refractivity contribution in [3.8, 4) is 0 Å². The topological polar surface area (TPSA) is 51.8 Å². The third-order valence-electron chi connectivity index (χ3n) is 2.15. The lowest BCUT2D eigenvalue weighted by Gasteiger charge is -1.98. The number of thioether (sulfide) groups is 1. The third-order valence-corrected chi connectivity index (χ3v) is 4.12. The monoisotopic (exact) mass is 245 g/mol. The van der Waals surface area contributed by atoms with E-state index in [1.54, 1.807) is 11.8 Å². The molecule has 15 heavy (non-hydrogen) atoms. The minimum atomic E-state index is 0.570. The number of unbranched alkanes of at least 4 members (excludes halogenated alkanes) is 5. The van der Waals surface area contributed by atoms with E-state index in [0.29, 0.717) is 5.13 Å². The fourth-order valence-electron chi connectivity index (χ4n) is 1.32. The molecule has 0 amide bonds. The number of hydrogen-bond donors (Lipinski definition) is 1. The van der Waals surface area contributed by atoms with Crippen molar-refractivity contribution in [3.63, 3.8) is 0 Å². The van der Waals surface area contributed by atoms with Crippen molar-refractivity contribution in [2.24, 2.45) is 0 Å². The molecule has 0 aromatic carbocycles. The maximum Gasteiger partial charge on any atom is 0.203 e. The molecule has 86 valence electrons. The molecule has 0 fully saturated rings. The van der Waals surface area contributed by atoms with Crippen LogP contribution in [0.5, 0.6) is 0 Å². The lowest BCUT2D eigenvalue weighted by Crippen LogP contribution is -1.82. The van der Waals surface area contributed by atoms with Crippen LogP contribution in [-0.2, 0) is 0 Å². The molecule has 3 nitrogen and oxygen atoms in total. The molecule has 1 rings (SSSR count). The summed E-state index contributed by atoms with van der Waals surface area (Å²) in [6.45, 7) is 2.25. The molecule has 0 radical (unpaired) electrons. The van der Waals surface area contributed by atoms with Crippen LogP contribution in [0.25, 0.3) is 0 Å². The lowest BCUT2D eigenvalue weighted by molar-refractivity contribution is 0.627. The summed E-state index contributed by atoms with van der Waals surface area (Å²) in [6.07, 6.45) is 8.05. The molecule has 0 unspecified atom stereocenters. The van der Waals surface area contributed by atoms with Gasteiger partial charge >= 0.3 is 0 Å². The summed E-state index contributed by atoms with van der Waals surface area (Å²) in [5, 5.41) is 8.32. The zero-order valence-electron chi connectivity index (χ0n) is 9.24. The Bertz CT molecular complexity index is 263. The minimum Gasteiger partial charge on any atom is -0.374 e. The molecule has 0 spiro atoms. The highest BCUT2D eigenvalue weighted by atomic mass is 32.2. The van der Waals surface area contributed by atoms with Crippen molar-refractivity contribution in [2.75, 3.05) is 11.5 Å². The van der Waals surface area contributed by atoms with Gasteiger partial charge in [0.05, 0.1) is 0 Å². The molecule has 0 aliphatic carbocycles. The summed E-state index contributed by atoms with van der Waals surface area (Å²) >= 11 is 3.25. The molecular formula is C10H19N3S2. The van der Waals surface area contributed by atoms with E-state index in [1.807, 2.05) is 0 Å². The summed E-state index contributed by atoms with van der Waals surface area (Å²) in [6, 6.07) is 0. The summed E-state index contributed by atoms with van der Waals surface area (Å²) in [5.74, 6) is 1.14. The lowest BCUT2D eigenvalue weighted by atomic mass is 10.1. The van der Waals surface area contributed by atoms with Crippen molar-refractivity contribution in [1.29, 1.82) is 0 Å². The van der Waals surface area contributed by atoms with E-state index in [2.05, 4.69) is 17.1 Å². The Labute approximate surface area is 99.9 Å². The zero-order valence-corrected chi connectivity index (χ0v) is 10.9. The quantitative estimate of drug-likeness (QED) is 0.562. The highest BCUT2D eigenvalue weighted by Gasteiger charge is 2.00. The number of nitrogen functional groups attached to an aromatic ring is 1. The highest BCUT2D eigenvalue weighted by Crippen LogP contribution is 2.24. The maximum absolute atomic E-state index is 5.50. The van der Waals surface area contributed by atoms with Gasteiger partial charge in [0.1, 0.15) is 0 Å². The molecule has 0 saturated carbocycles. The summed E-state index contributed by atoms with van der Waals surface area (Å²) in [4.78, 5) is 0. The van der Waals surface area contributed by atoms with Crippen LogP contribution in [0.2, 0.25) is 0 Å². The van der Waals surface area contributed by atoms with Gasteiger partial charge in [-0.3, -0.25) is 0 Å². The first-order valence-electron chi connectivity index (χ1n) is 5.54. The van der Waals surface area contributed by atoms with E-state index in [-0.39, 0.29) is 0 Å². The molecule has 2 N–H and O–H groups in total. The molecule has 5 heteroatoms. The third kappa shape index (κ3) is 5.99. The molecule has 0 aliphatic heterocycles. The Hall–Kier alpha value is -0.290. The fourth-order valence-corrected chi connectivity index (χ4v) is 3.03. The predicted octanol–water partition coefficient (Wildman–Crippen LogP) is 3.57. The number of hydrogen-bond acceptors (Lipinski definition) is 5. The van der Waals surface area contributed by atoms with Crippen LogP contribution in [0.1, 0.15) is 45.4 Å². The van der Waals surface area contributed by atoms with Crippen LogP contribution in [0, 0.1) is 0 Å². The van der Waals surface area contributed by atoms with E-state index in [9.17, 15) is 0 Å². The Balaban J connectivity index is 1.93. The standard InChI is InChI=1S/C10H19N3S2/c1-2-3-4-5-6-7-8-14-10-13-12-9(11)15-10/h2-8H2,1H3,(H2,11,12). The van der Waals surface area contributed by atoms with Crippen LogP contribution in [0.15, 0.2) is 4.34 Å². The maximum atomic E-state index is 5.50. The molecule has 1 heterocycles. The average Bonchev–Trinajstić information content (AvgIpc) is 2.63.